The first-order chi connectivity index (χ1) is 11.4. The lowest BCUT2D eigenvalue weighted by molar-refractivity contribution is 0.00574. The van der Waals surface area contributed by atoms with Gasteiger partial charge in [-0.2, -0.15) is 0 Å². The maximum Gasteiger partial charge on any atom is 0.507 e. The summed E-state index contributed by atoms with van der Waals surface area (Å²) in [4.78, 5) is 11.0. The van der Waals surface area contributed by atoms with E-state index in [0.29, 0.717) is 32.6 Å². The summed E-state index contributed by atoms with van der Waals surface area (Å²) in [6.07, 6.45) is -3.14. The zero-order valence-electron chi connectivity index (χ0n) is 11.9. The quantitative estimate of drug-likeness (QED) is 0.725. The maximum atomic E-state index is 13.7. The van der Waals surface area contributed by atoms with Crippen LogP contribution in [0.4, 0.5) is 14.9 Å². The predicted octanol–water partition coefficient (Wildman–Crippen LogP) is 4.47. The number of ether oxygens (including phenoxy) is 2. The number of fused-ring (bicyclic) bond motifs is 5. The molecule has 0 saturated carbocycles. The maximum absolute atomic E-state index is 13.7. The second-order valence-electron chi connectivity index (χ2n) is 5.54. The Kier molecular flexibility index (Phi) is 3.47. The summed E-state index contributed by atoms with van der Waals surface area (Å²) in [6.45, 7) is 0. The van der Waals surface area contributed by atoms with Crippen molar-refractivity contribution in [1.29, 1.82) is 0 Å². The summed E-state index contributed by atoms with van der Waals surface area (Å²) in [5.41, 5.74) is 1.78. The Morgan fingerprint density at radius 1 is 1.29 bits per heavy atom. The third kappa shape index (κ3) is 2.34. The summed E-state index contributed by atoms with van der Waals surface area (Å²) in [7, 11) is 0. The van der Waals surface area contributed by atoms with Crippen LogP contribution in [0.2, 0.25) is 10.0 Å². The number of hydrogen-bond donors (Lipinski definition) is 2. The van der Waals surface area contributed by atoms with E-state index in [4.69, 9.17) is 37.8 Å². The van der Waals surface area contributed by atoms with E-state index in [1.54, 1.807) is 12.1 Å². The first-order valence-corrected chi connectivity index (χ1v) is 7.81. The molecule has 3 unspecified atom stereocenters. The fourth-order valence-corrected chi connectivity index (χ4v) is 3.89. The molecule has 8 heteroatoms. The number of anilines is 1. The summed E-state index contributed by atoms with van der Waals surface area (Å²) >= 11 is 12.4. The van der Waals surface area contributed by atoms with E-state index in [0.717, 1.165) is 0 Å². The molecule has 0 bridgehead atoms. The van der Waals surface area contributed by atoms with E-state index >= 15 is 0 Å². The second kappa shape index (κ2) is 5.43. The highest BCUT2D eigenvalue weighted by Crippen LogP contribution is 2.51. The molecule has 124 valence electrons. The molecule has 0 aromatic heterocycles. The predicted molar refractivity (Wildman–Crippen MR) is 85.6 cm³/mol. The van der Waals surface area contributed by atoms with Gasteiger partial charge in [0.1, 0.15) is 11.6 Å². The van der Waals surface area contributed by atoms with E-state index in [9.17, 15) is 9.18 Å². The van der Waals surface area contributed by atoms with Gasteiger partial charge in [0.15, 0.2) is 6.10 Å². The normalized spacial score (nSPS) is 23.4. The molecular formula is C16H10Cl2FNO4. The van der Waals surface area contributed by atoms with Gasteiger partial charge in [-0.1, -0.05) is 23.2 Å². The molecule has 4 rings (SSSR count). The van der Waals surface area contributed by atoms with Crippen LogP contribution in [0, 0.1) is 5.82 Å². The Morgan fingerprint density at radius 2 is 2.08 bits per heavy atom. The molecule has 0 amide bonds. The van der Waals surface area contributed by atoms with E-state index < -0.39 is 30.2 Å². The number of carbonyl (C=O) groups is 1. The molecule has 5 nitrogen and oxygen atoms in total. The molecule has 3 atom stereocenters. The van der Waals surface area contributed by atoms with Crippen LogP contribution in [0.5, 0.6) is 5.75 Å². The Morgan fingerprint density at radius 3 is 2.83 bits per heavy atom. The van der Waals surface area contributed by atoms with Gasteiger partial charge < -0.3 is 19.9 Å². The molecule has 0 aliphatic carbocycles. The largest absolute Gasteiger partial charge is 0.507 e. The smallest absolute Gasteiger partial charge is 0.483 e. The van der Waals surface area contributed by atoms with Crippen molar-refractivity contribution in [1.82, 2.24) is 0 Å². The summed E-state index contributed by atoms with van der Waals surface area (Å²) < 4.78 is 24.4. The molecule has 2 aromatic carbocycles. The fourth-order valence-electron chi connectivity index (χ4n) is 3.28. The van der Waals surface area contributed by atoms with Crippen LogP contribution in [0.25, 0.3) is 0 Å². The Balaban J connectivity index is 1.90. The standard InChI is InChI=1S/C16H10Cl2FNO4/c17-6-3-9(18)13-10(4-6)20-15(24-16(21)22)14-12(13)8-5-7(19)1-2-11(8)23-14/h1-5,12,14-15,20H,(H,21,22). The van der Waals surface area contributed by atoms with Crippen LogP contribution >= 0.6 is 23.2 Å². The number of benzene rings is 2. The molecule has 2 aliphatic heterocycles. The summed E-state index contributed by atoms with van der Waals surface area (Å²) in [5.74, 6) is -0.425. The lowest BCUT2D eigenvalue weighted by atomic mass is 9.83. The van der Waals surface area contributed by atoms with Gasteiger partial charge in [0.25, 0.3) is 0 Å². The molecule has 0 radical (unpaired) electrons. The molecule has 2 N–H and O–H groups in total. The monoisotopic (exact) mass is 369 g/mol. The molecular weight excluding hydrogens is 360 g/mol. The van der Waals surface area contributed by atoms with E-state index in [1.807, 2.05) is 0 Å². The van der Waals surface area contributed by atoms with Crippen molar-refractivity contribution < 1.29 is 23.8 Å². The van der Waals surface area contributed by atoms with Gasteiger partial charge in [0.05, 0.1) is 5.92 Å². The van der Waals surface area contributed by atoms with Gasteiger partial charge in [-0.3, -0.25) is 0 Å². The van der Waals surface area contributed by atoms with Gasteiger partial charge >= 0.3 is 6.16 Å². The van der Waals surface area contributed by atoms with Crippen LogP contribution < -0.4 is 10.1 Å². The van der Waals surface area contributed by atoms with Gasteiger partial charge in [-0.05, 0) is 30.3 Å². The molecule has 0 spiro atoms. The van der Waals surface area contributed by atoms with Crippen molar-refractivity contribution in [2.24, 2.45) is 0 Å². The minimum Gasteiger partial charge on any atom is -0.483 e. The summed E-state index contributed by atoms with van der Waals surface area (Å²) in [5, 5.41) is 12.7. The van der Waals surface area contributed by atoms with Crippen molar-refractivity contribution in [3.8, 4) is 5.75 Å². The molecule has 2 heterocycles. The first kappa shape index (κ1) is 15.4. The average Bonchev–Trinajstić information content (AvgIpc) is 2.85. The SMILES string of the molecule is O=C(O)OC1Nc2cc(Cl)cc(Cl)c2C2c3cc(F)ccc3OC12. The van der Waals surface area contributed by atoms with Crippen molar-refractivity contribution in [2.75, 3.05) is 5.32 Å². The van der Waals surface area contributed by atoms with E-state index in [1.165, 1.54) is 18.2 Å². The molecule has 0 saturated heterocycles. The molecule has 2 aliphatic rings. The Bertz CT molecular complexity index is 860. The van der Waals surface area contributed by atoms with Crippen molar-refractivity contribution in [2.45, 2.75) is 18.2 Å². The van der Waals surface area contributed by atoms with Crippen molar-refractivity contribution in [3.63, 3.8) is 0 Å². The van der Waals surface area contributed by atoms with Crippen LogP contribution in [-0.2, 0) is 4.74 Å². The topological polar surface area (TPSA) is 67.8 Å². The molecule has 0 fully saturated rings. The zero-order valence-corrected chi connectivity index (χ0v) is 13.4. The van der Waals surface area contributed by atoms with E-state index in [-0.39, 0.29) is 0 Å². The van der Waals surface area contributed by atoms with Crippen LogP contribution in [-0.4, -0.2) is 23.6 Å². The number of halogens is 3. The highest BCUT2D eigenvalue weighted by Gasteiger charge is 2.48. The van der Waals surface area contributed by atoms with Crippen LogP contribution in [0.1, 0.15) is 17.0 Å². The number of hydrogen-bond acceptors (Lipinski definition) is 4. The van der Waals surface area contributed by atoms with Gasteiger partial charge in [0, 0.05) is 26.9 Å². The highest BCUT2D eigenvalue weighted by molar-refractivity contribution is 6.35. The lowest BCUT2D eigenvalue weighted by Gasteiger charge is -2.35. The van der Waals surface area contributed by atoms with E-state index in [2.05, 4.69) is 5.32 Å². The number of nitrogens with one attached hydrogen (secondary N) is 1. The van der Waals surface area contributed by atoms with Crippen LogP contribution in [0.15, 0.2) is 30.3 Å². The van der Waals surface area contributed by atoms with Gasteiger partial charge in [0.2, 0.25) is 6.23 Å². The number of carboxylic acid groups (broad SMARTS) is 1. The lowest BCUT2D eigenvalue weighted by Crippen LogP contribution is -2.46. The highest BCUT2D eigenvalue weighted by atomic mass is 35.5. The van der Waals surface area contributed by atoms with Gasteiger partial charge in [-0.15, -0.1) is 0 Å². The first-order valence-electron chi connectivity index (χ1n) is 7.05. The summed E-state index contributed by atoms with van der Waals surface area (Å²) in [6, 6.07) is 7.34. The zero-order chi connectivity index (χ0) is 17.0. The third-order valence-corrected chi connectivity index (χ3v) is 4.66. The minimum absolute atomic E-state index is 0.384. The fraction of sp³-hybridized carbons (Fsp3) is 0.188. The molecule has 24 heavy (non-hydrogen) atoms. The van der Waals surface area contributed by atoms with Crippen molar-refractivity contribution >= 4 is 35.0 Å². The third-order valence-electron chi connectivity index (χ3n) is 4.13. The second-order valence-corrected chi connectivity index (χ2v) is 6.38. The minimum atomic E-state index is -1.45. The van der Waals surface area contributed by atoms with Gasteiger partial charge in [-0.25, -0.2) is 9.18 Å². The Hall–Kier alpha value is -2.18. The molecule has 2 aromatic rings. The van der Waals surface area contributed by atoms with Crippen molar-refractivity contribution in [3.05, 3.63) is 57.3 Å². The average molecular weight is 370 g/mol. The number of rotatable bonds is 1. The Labute approximate surface area is 145 Å². The van der Waals surface area contributed by atoms with Crippen LogP contribution in [0.3, 0.4) is 0 Å².